The summed E-state index contributed by atoms with van der Waals surface area (Å²) in [7, 11) is 0. The SMILES string of the molecule is CCNC(c1ccc(F)c(Cl)c1)C(C)CC. The third kappa shape index (κ3) is 3.19. The van der Waals surface area contributed by atoms with Crippen molar-refractivity contribution in [3.05, 3.63) is 34.6 Å². The van der Waals surface area contributed by atoms with Gasteiger partial charge in [0.05, 0.1) is 5.02 Å². The Hall–Kier alpha value is -0.600. The molecule has 0 bridgehead atoms. The molecule has 0 heterocycles. The molecule has 0 aliphatic rings. The highest BCUT2D eigenvalue weighted by Gasteiger charge is 2.17. The molecule has 90 valence electrons. The zero-order valence-corrected chi connectivity index (χ0v) is 10.8. The van der Waals surface area contributed by atoms with Crippen LogP contribution in [-0.4, -0.2) is 6.54 Å². The fraction of sp³-hybridized carbons (Fsp3) is 0.538. The van der Waals surface area contributed by atoms with Gasteiger partial charge in [-0.15, -0.1) is 0 Å². The summed E-state index contributed by atoms with van der Waals surface area (Å²) in [5, 5.41) is 3.61. The number of hydrogen-bond donors (Lipinski definition) is 1. The van der Waals surface area contributed by atoms with Crippen molar-refractivity contribution in [2.45, 2.75) is 33.2 Å². The summed E-state index contributed by atoms with van der Waals surface area (Å²) in [5.41, 5.74) is 1.06. The monoisotopic (exact) mass is 243 g/mol. The van der Waals surface area contributed by atoms with Gasteiger partial charge >= 0.3 is 0 Å². The zero-order chi connectivity index (χ0) is 12.1. The standard InChI is InChI=1S/C13H19ClFN/c1-4-9(3)13(16-5-2)10-6-7-12(15)11(14)8-10/h6-9,13,16H,4-5H2,1-3H3. The highest BCUT2D eigenvalue weighted by molar-refractivity contribution is 6.30. The summed E-state index contributed by atoms with van der Waals surface area (Å²) in [6, 6.07) is 5.20. The second-order valence-corrected chi connectivity index (χ2v) is 4.50. The van der Waals surface area contributed by atoms with Gasteiger partial charge in [-0.2, -0.15) is 0 Å². The first-order chi connectivity index (χ1) is 7.60. The quantitative estimate of drug-likeness (QED) is 0.818. The molecular formula is C13H19ClFN. The Morgan fingerprint density at radius 3 is 2.56 bits per heavy atom. The minimum Gasteiger partial charge on any atom is -0.310 e. The van der Waals surface area contributed by atoms with Gasteiger partial charge < -0.3 is 5.32 Å². The predicted octanol–water partition coefficient (Wildman–Crippen LogP) is 4.18. The van der Waals surface area contributed by atoms with Crippen LogP contribution in [0, 0.1) is 11.7 Å². The first-order valence-electron chi connectivity index (χ1n) is 5.78. The fourth-order valence-corrected chi connectivity index (χ4v) is 2.00. The van der Waals surface area contributed by atoms with Crippen LogP contribution in [0.25, 0.3) is 0 Å². The van der Waals surface area contributed by atoms with Gasteiger partial charge in [-0.05, 0) is 30.2 Å². The second-order valence-electron chi connectivity index (χ2n) is 4.09. The lowest BCUT2D eigenvalue weighted by atomic mass is 9.92. The molecule has 1 rings (SSSR count). The van der Waals surface area contributed by atoms with Gasteiger partial charge in [-0.25, -0.2) is 4.39 Å². The lowest BCUT2D eigenvalue weighted by Gasteiger charge is -2.24. The van der Waals surface area contributed by atoms with Gasteiger partial charge in [0.1, 0.15) is 5.82 Å². The van der Waals surface area contributed by atoms with Crippen molar-refractivity contribution >= 4 is 11.6 Å². The van der Waals surface area contributed by atoms with Crippen molar-refractivity contribution in [3.63, 3.8) is 0 Å². The molecule has 16 heavy (non-hydrogen) atoms. The smallest absolute Gasteiger partial charge is 0.141 e. The van der Waals surface area contributed by atoms with Crippen LogP contribution < -0.4 is 5.32 Å². The lowest BCUT2D eigenvalue weighted by Crippen LogP contribution is -2.26. The summed E-state index contributed by atoms with van der Waals surface area (Å²) in [6.07, 6.45) is 1.08. The normalized spacial score (nSPS) is 14.8. The Kier molecular flexibility index (Phi) is 5.23. The molecule has 0 spiro atoms. The summed E-state index contributed by atoms with van der Waals surface area (Å²) in [6.45, 7) is 7.30. The Morgan fingerprint density at radius 2 is 2.06 bits per heavy atom. The van der Waals surface area contributed by atoms with Crippen molar-refractivity contribution in [2.24, 2.45) is 5.92 Å². The molecule has 1 N–H and O–H groups in total. The van der Waals surface area contributed by atoms with Gasteiger partial charge in [0, 0.05) is 6.04 Å². The summed E-state index contributed by atoms with van der Waals surface area (Å²) >= 11 is 5.80. The summed E-state index contributed by atoms with van der Waals surface area (Å²) < 4.78 is 13.1. The molecule has 1 aromatic rings. The van der Waals surface area contributed by atoms with Crippen LogP contribution in [0.3, 0.4) is 0 Å². The van der Waals surface area contributed by atoms with Gasteiger partial charge in [0.25, 0.3) is 0 Å². The first-order valence-corrected chi connectivity index (χ1v) is 6.16. The summed E-state index contributed by atoms with van der Waals surface area (Å²) in [5.74, 6) is 0.145. The van der Waals surface area contributed by atoms with E-state index in [1.165, 1.54) is 6.07 Å². The Balaban J connectivity index is 2.96. The average Bonchev–Trinajstić information content (AvgIpc) is 2.29. The first kappa shape index (κ1) is 13.5. The number of benzene rings is 1. The fourth-order valence-electron chi connectivity index (χ4n) is 1.81. The van der Waals surface area contributed by atoms with Crippen molar-refractivity contribution in [1.29, 1.82) is 0 Å². The number of halogens is 2. The molecule has 0 aromatic heterocycles. The molecule has 0 fully saturated rings. The molecule has 3 heteroatoms. The highest BCUT2D eigenvalue weighted by atomic mass is 35.5. The van der Waals surface area contributed by atoms with E-state index in [4.69, 9.17) is 11.6 Å². The van der Waals surface area contributed by atoms with Gasteiger partial charge in [0.2, 0.25) is 0 Å². The molecule has 0 saturated carbocycles. The van der Waals surface area contributed by atoms with Crippen LogP contribution in [0.5, 0.6) is 0 Å². The number of nitrogens with one attached hydrogen (secondary N) is 1. The van der Waals surface area contributed by atoms with Crippen LogP contribution in [0.2, 0.25) is 5.02 Å². The molecule has 2 unspecified atom stereocenters. The molecule has 1 aromatic carbocycles. The van der Waals surface area contributed by atoms with Gasteiger partial charge in [-0.1, -0.05) is 44.9 Å². The summed E-state index contributed by atoms with van der Waals surface area (Å²) in [4.78, 5) is 0. The molecule has 1 nitrogen and oxygen atoms in total. The zero-order valence-electron chi connectivity index (χ0n) is 10.1. The van der Waals surface area contributed by atoms with Crippen molar-refractivity contribution in [2.75, 3.05) is 6.54 Å². The third-order valence-electron chi connectivity index (χ3n) is 2.94. The molecule has 0 saturated heterocycles. The Morgan fingerprint density at radius 1 is 1.38 bits per heavy atom. The van der Waals surface area contributed by atoms with Crippen molar-refractivity contribution < 1.29 is 4.39 Å². The largest absolute Gasteiger partial charge is 0.310 e. The maximum atomic E-state index is 13.1. The van der Waals surface area contributed by atoms with E-state index >= 15 is 0 Å². The van der Waals surface area contributed by atoms with E-state index in [-0.39, 0.29) is 16.9 Å². The number of rotatable bonds is 5. The maximum absolute atomic E-state index is 13.1. The molecule has 0 aliphatic heterocycles. The molecule has 2 atom stereocenters. The maximum Gasteiger partial charge on any atom is 0.141 e. The van der Waals surface area contributed by atoms with E-state index in [1.807, 2.05) is 0 Å². The van der Waals surface area contributed by atoms with E-state index < -0.39 is 0 Å². The molecular weight excluding hydrogens is 225 g/mol. The molecule has 0 radical (unpaired) electrons. The topological polar surface area (TPSA) is 12.0 Å². The molecule has 0 aliphatic carbocycles. The van der Waals surface area contributed by atoms with E-state index in [9.17, 15) is 4.39 Å². The van der Waals surface area contributed by atoms with E-state index in [2.05, 4.69) is 26.1 Å². The predicted molar refractivity (Wildman–Crippen MR) is 67.3 cm³/mol. The van der Waals surface area contributed by atoms with Gasteiger partial charge in [0.15, 0.2) is 0 Å². The van der Waals surface area contributed by atoms with E-state index in [0.717, 1.165) is 18.5 Å². The van der Waals surface area contributed by atoms with E-state index in [1.54, 1.807) is 12.1 Å². The molecule has 0 amide bonds. The van der Waals surface area contributed by atoms with Gasteiger partial charge in [-0.3, -0.25) is 0 Å². The second kappa shape index (κ2) is 6.21. The minimum atomic E-state index is -0.357. The van der Waals surface area contributed by atoms with Crippen LogP contribution in [0.15, 0.2) is 18.2 Å². The third-order valence-corrected chi connectivity index (χ3v) is 3.23. The van der Waals surface area contributed by atoms with Crippen LogP contribution in [0.1, 0.15) is 38.8 Å². The average molecular weight is 244 g/mol. The lowest BCUT2D eigenvalue weighted by molar-refractivity contribution is 0.383. The highest BCUT2D eigenvalue weighted by Crippen LogP contribution is 2.27. The van der Waals surface area contributed by atoms with Crippen LogP contribution in [-0.2, 0) is 0 Å². The Bertz CT molecular complexity index is 341. The van der Waals surface area contributed by atoms with Crippen molar-refractivity contribution in [1.82, 2.24) is 5.32 Å². The van der Waals surface area contributed by atoms with E-state index in [0.29, 0.717) is 5.92 Å². The van der Waals surface area contributed by atoms with Crippen LogP contribution in [0.4, 0.5) is 4.39 Å². The van der Waals surface area contributed by atoms with Crippen LogP contribution >= 0.6 is 11.6 Å². The minimum absolute atomic E-state index is 0.198. The number of hydrogen-bond acceptors (Lipinski definition) is 1. The Labute approximate surface area is 102 Å². The van der Waals surface area contributed by atoms with Crippen molar-refractivity contribution in [3.8, 4) is 0 Å².